The molecule has 0 amide bonds. The Hall–Kier alpha value is -1.31. The fraction of sp³-hybridized carbons (Fsp3) is 0.588. The molecule has 0 unspecified atom stereocenters. The Morgan fingerprint density at radius 3 is 2.05 bits per heavy atom. The minimum atomic E-state index is 0.694. The first-order chi connectivity index (χ1) is 9.36. The van der Waals surface area contributed by atoms with Crippen molar-refractivity contribution >= 4 is 6.29 Å². The molecule has 0 atom stereocenters. The van der Waals surface area contributed by atoms with Gasteiger partial charge in [0.15, 0.2) is 0 Å². The van der Waals surface area contributed by atoms with Crippen molar-refractivity contribution in [3.05, 3.63) is 29.8 Å². The lowest BCUT2D eigenvalue weighted by Crippen LogP contribution is -1.97. The van der Waals surface area contributed by atoms with Gasteiger partial charge in [-0.2, -0.15) is 0 Å². The second-order valence-corrected chi connectivity index (χ2v) is 5.01. The predicted octanol–water partition coefficient (Wildman–Crippen LogP) is 5.02. The van der Waals surface area contributed by atoms with Gasteiger partial charge in [0.2, 0.25) is 0 Å². The van der Waals surface area contributed by atoms with Gasteiger partial charge in [0.25, 0.3) is 0 Å². The molecule has 1 aromatic carbocycles. The molecule has 0 saturated heterocycles. The summed E-state index contributed by atoms with van der Waals surface area (Å²) in [6.07, 6.45) is 11.3. The number of unbranched alkanes of at least 4 members (excludes halogenated alkanes) is 7. The zero-order valence-corrected chi connectivity index (χ0v) is 12.1. The Bertz CT molecular complexity index is 330. The van der Waals surface area contributed by atoms with Gasteiger partial charge in [-0.25, -0.2) is 0 Å². The first-order valence-electron chi connectivity index (χ1n) is 7.55. The molecule has 0 aromatic heterocycles. The number of hydrogen-bond donors (Lipinski definition) is 0. The summed E-state index contributed by atoms with van der Waals surface area (Å²) in [5.74, 6) is 0.855. The van der Waals surface area contributed by atoms with E-state index in [0.29, 0.717) is 5.56 Å². The SMILES string of the molecule is CCCCCCCCCCOc1ccc(C=O)cc1. The van der Waals surface area contributed by atoms with E-state index in [-0.39, 0.29) is 0 Å². The molecule has 0 heterocycles. The second-order valence-electron chi connectivity index (χ2n) is 5.01. The van der Waals surface area contributed by atoms with Gasteiger partial charge in [0.05, 0.1) is 6.61 Å². The molecular weight excluding hydrogens is 236 g/mol. The number of carbonyl (C=O) groups is 1. The van der Waals surface area contributed by atoms with E-state index in [0.717, 1.165) is 25.1 Å². The van der Waals surface area contributed by atoms with Gasteiger partial charge in [0.1, 0.15) is 12.0 Å². The smallest absolute Gasteiger partial charge is 0.150 e. The first kappa shape index (κ1) is 15.7. The molecule has 0 fully saturated rings. The van der Waals surface area contributed by atoms with Crippen molar-refractivity contribution in [2.75, 3.05) is 6.61 Å². The molecule has 0 saturated carbocycles. The van der Waals surface area contributed by atoms with Crippen LogP contribution in [0.5, 0.6) is 5.75 Å². The number of hydrogen-bond acceptors (Lipinski definition) is 2. The van der Waals surface area contributed by atoms with Gasteiger partial charge in [-0.15, -0.1) is 0 Å². The number of ether oxygens (including phenoxy) is 1. The Balaban J connectivity index is 1.96. The van der Waals surface area contributed by atoms with Crippen LogP contribution in [0.4, 0.5) is 0 Å². The van der Waals surface area contributed by atoms with Gasteiger partial charge in [-0.05, 0) is 30.7 Å². The van der Waals surface area contributed by atoms with Crippen LogP contribution in [0.2, 0.25) is 0 Å². The lowest BCUT2D eigenvalue weighted by Gasteiger charge is -2.06. The lowest BCUT2D eigenvalue weighted by molar-refractivity contribution is 0.112. The third kappa shape index (κ3) is 7.66. The van der Waals surface area contributed by atoms with Crippen molar-refractivity contribution in [3.63, 3.8) is 0 Å². The fourth-order valence-corrected chi connectivity index (χ4v) is 2.07. The molecule has 1 rings (SSSR count). The van der Waals surface area contributed by atoms with Crippen LogP contribution in [0.1, 0.15) is 68.6 Å². The number of carbonyl (C=O) groups excluding carboxylic acids is 1. The van der Waals surface area contributed by atoms with Crippen molar-refractivity contribution in [2.45, 2.75) is 58.3 Å². The minimum absolute atomic E-state index is 0.694. The van der Waals surface area contributed by atoms with Crippen molar-refractivity contribution in [1.29, 1.82) is 0 Å². The summed E-state index contributed by atoms with van der Waals surface area (Å²) in [5.41, 5.74) is 0.694. The van der Waals surface area contributed by atoms with E-state index in [1.807, 2.05) is 12.1 Å². The topological polar surface area (TPSA) is 26.3 Å². The van der Waals surface area contributed by atoms with Crippen molar-refractivity contribution in [2.24, 2.45) is 0 Å². The molecule has 1 aromatic rings. The summed E-state index contributed by atoms with van der Waals surface area (Å²) in [4.78, 5) is 10.5. The highest BCUT2D eigenvalue weighted by Crippen LogP contribution is 2.12. The van der Waals surface area contributed by atoms with E-state index in [4.69, 9.17) is 4.74 Å². The quantitative estimate of drug-likeness (QED) is 0.413. The number of rotatable bonds is 11. The highest BCUT2D eigenvalue weighted by molar-refractivity contribution is 5.74. The molecule has 0 radical (unpaired) electrons. The Morgan fingerprint density at radius 2 is 1.47 bits per heavy atom. The number of aldehydes is 1. The largest absolute Gasteiger partial charge is 0.494 e. The molecule has 106 valence electrons. The molecular formula is C17H26O2. The van der Waals surface area contributed by atoms with E-state index < -0.39 is 0 Å². The summed E-state index contributed by atoms with van der Waals surface area (Å²) in [6, 6.07) is 7.29. The minimum Gasteiger partial charge on any atom is -0.494 e. The first-order valence-corrected chi connectivity index (χ1v) is 7.55. The van der Waals surface area contributed by atoms with Crippen LogP contribution in [0, 0.1) is 0 Å². The summed E-state index contributed by atoms with van der Waals surface area (Å²) in [6.45, 7) is 3.02. The normalized spacial score (nSPS) is 10.4. The molecule has 0 aliphatic heterocycles. The average molecular weight is 262 g/mol. The highest BCUT2D eigenvalue weighted by Gasteiger charge is 1.95. The van der Waals surface area contributed by atoms with E-state index in [2.05, 4.69) is 6.92 Å². The average Bonchev–Trinajstić information content (AvgIpc) is 2.46. The predicted molar refractivity (Wildman–Crippen MR) is 79.9 cm³/mol. The molecule has 19 heavy (non-hydrogen) atoms. The molecule has 0 aliphatic carbocycles. The van der Waals surface area contributed by atoms with Crippen molar-refractivity contribution in [1.82, 2.24) is 0 Å². The van der Waals surface area contributed by atoms with Crippen LogP contribution in [-0.4, -0.2) is 12.9 Å². The third-order valence-corrected chi connectivity index (χ3v) is 3.28. The molecule has 0 bridgehead atoms. The van der Waals surface area contributed by atoms with Gasteiger partial charge >= 0.3 is 0 Å². The van der Waals surface area contributed by atoms with Gasteiger partial charge in [0, 0.05) is 5.56 Å². The lowest BCUT2D eigenvalue weighted by atomic mass is 10.1. The second kappa shape index (κ2) is 10.6. The summed E-state index contributed by atoms with van der Waals surface area (Å²) >= 11 is 0. The fourth-order valence-electron chi connectivity index (χ4n) is 2.07. The zero-order chi connectivity index (χ0) is 13.8. The van der Waals surface area contributed by atoms with E-state index in [1.165, 1.54) is 44.9 Å². The maximum absolute atomic E-state index is 10.5. The highest BCUT2D eigenvalue weighted by atomic mass is 16.5. The van der Waals surface area contributed by atoms with Gasteiger partial charge < -0.3 is 4.74 Å². The standard InChI is InChI=1S/C17H26O2/c1-2-3-4-5-6-7-8-9-14-19-17-12-10-16(15-18)11-13-17/h10-13,15H,2-9,14H2,1H3. The van der Waals surface area contributed by atoms with Gasteiger partial charge in [-0.3, -0.25) is 4.79 Å². The summed E-state index contributed by atoms with van der Waals surface area (Å²) in [7, 11) is 0. The Morgan fingerprint density at radius 1 is 0.895 bits per heavy atom. The van der Waals surface area contributed by atoms with Crippen LogP contribution < -0.4 is 4.74 Å². The van der Waals surface area contributed by atoms with Crippen LogP contribution >= 0.6 is 0 Å². The summed E-state index contributed by atoms with van der Waals surface area (Å²) in [5, 5.41) is 0. The van der Waals surface area contributed by atoms with E-state index in [1.54, 1.807) is 12.1 Å². The molecule has 0 spiro atoms. The molecule has 0 aliphatic rings. The van der Waals surface area contributed by atoms with Crippen LogP contribution in [-0.2, 0) is 0 Å². The third-order valence-electron chi connectivity index (χ3n) is 3.28. The Labute approximate surface area is 117 Å². The molecule has 2 nitrogen and oxygen atoms in total. The molecule has 2 heteroatoms. The molecule has 0 N–H and O–H groups in total. The Kier molecular flexibility index (Phi) is 8.78. The van der Waals surface area contributed by atoms with Crippen LogP contribution in [0.15, 0.2) is 24.3 Å². The van der Waals surface area contributed by atoms with Gasteiger partial charge in [-0.1, -0.05) is 51.9 Å². The maximum atomic E-state index is 10.5. The van der Waals surface area contributed by atoms with E-state index >= 15 is 0 Å². The zero-order valence-electron chi connectivity index (χ0n) is 12.1. The number of benzene rings is 1. The van der Waals surface area contributed by atoms with Crippen LogP contribution in [0.25, 0.3) is 0 Å². The van der Waals surface area contributed by atoms with Crippen molar-refractivity contribution in [3.8, 4) is 5.75 Å². The van der Waals surface area contributed by atoms with E-state index in [9.17, 15) is 4.79 Å². The summed E-state index contributed by atoms with van der Waals surface area (Å²) < 4.78 is 5.63. The van der Waals surface area contributed by atoms with Crippen LogP contribution in [0.3, 0.4) is 0 Å². The van der Waals surface area contributed by atoms with Crippen molar-refractivity contribution < 1.29 is 9.53 Å². The monoisotopic (exact) mass is 262 g/mol. The maximum Gasteiger partial charge on any atom is 0.150 e.